The van der Waals surface area contributed by atoms with Crippen molar-refractivity contribution in [3.05, 3.63) is 46.8 Å². The molecular weight excluding hydrogens is 334 g/mol. The van der Waals surface area contributed by atoms with Crippen LogP contribution in [-0.4, -0.2) is 42.5 Å². The number of nitrogens with zero attached hydrogens (tertiary/aromatic N) is 5. The van der Waals surface area contributed by atoms with Gasteiger partial charge in [0.1, 0.15) is 6.61 Å². The minimum absolute atomic E-state index is 0.0836. The van der Waals surface area contributed by atoms with Gasteiger partial charge in [-0.15, -0.1) is 10.2 Å². The summed E-state index contributed by atoms with van der Waals surface area (Å²) in [7, 11) is 1.57. The van der Waals surface area contributed by atoms with Gasteiger partial charge in [0.15, 0.2) is 17.3 Å². The lowest BCUT2D eigenvalue weighted by Gasteiger charge is -2.09. The third kappa shape index (κ3) is 2.04. The van der Waals surface area contributed by atoms with Gasteiger partial charge < -0.3 is 14.4 Å². The summed E-state index contributed by atoms with van der Waals surface area (Å²) < 4.78 is 8.63. The molecular formula is C15H12ClN5O3. The van der Waals surface area contributed by atoms with Gasteiger partial charge in [0.05, 0.1) is 17.9 Å². The molecule has 24 heavy (non-hydrogen) atoms. The fraction of sp³-hybridized carbons (Fsp3) is 0.200. The predicted octanol–water partition coefficient (Wildman–Crippen LogP) is 1.99. The van der Waals surface area contributed by atoms with Crippen molar-refractivity contribution in [2.45, 2.75) is 13.2 Å². The molecule has 0 aliphatic carbocycles. The van der Waals surface area contributed by atoms with Crippen LogP contribution in [-0.2, 0) is 17.9 Å². The molecule has 1 aromatic carbocycles. The first kappa shape index (κ1) is 14.9. The number of benzene rings is 1. The van der Waals surface area contributed by atoms with Crippen molar-refractivity contribution < 1.29 is 14.6 Å². The van der Waals surface area contributed by atoms with Gasteiger partial charge in [-0.3, -0.25) is 4.57 Å². The highest BCUT2D eigenvalue weighted by Crippen LogP contribution is 2.34. The van der Waals surface area contributed by atoms with Crippen molar-refractivity contribution in [1.29, 1.82) is 0 Å². The molecule has 1 aliphatic heterocycles. The molecule has 1 aliphatic rings. The number of methoxy groups -OCH3 is 1. The van der Waals surface area contributed by atoms with Gasteiger partial charge in [-0.25, -0.2) is 9.78 Å². The Balaban J connectivity index is 2.07. The third-order valence-electron chi connectivity index (χ3n) is 3.93. The van der Waals surface area contributed by atoms with Crippen LogP contribution in [0.25, 0.3) is 17.1 Å². The number of carbonyl (C=O) groups is 1. The van der Waals surface area contributed by atoms with E-state index in [1.54, 1.807) is 11.7 Å². The maximum atomic E-state index is 11.6. The van der Waals surface area contributed by atoms with Gasteiger partial charge in [-0.1, -0.05) is 12.1 Å². The number of fused-ring (bicyclic) bond motifs is 5. The Kier molecular flexibility index (Phi) is 3.36. The van der Waals surface area contributed by atoms with Crippen LogP contribution in [0.3, 0.4) is 0 Å². The summed E-state index contributed by atoms with van der Waals surface area (Å²) in [5.74, 6) is 0.103. The van der Waals surface area contributed by atoms with Crippen LogP contribution in [0.4, 0.5) is 0 Å². The fourth-order valence-corrected chi connectivity index (χ4v) is 3.21. The van der Waals surface area contributed by atoms with E-state index in [9.17, 15) is 9.90 Å². The van der Waals surface area contributed by atoms with Crippen molar-refractivity contribution in [3.63, 3.8) is 0 Å². The molecule has 4 rings (SSSR count). The Morgan fingerprint density at radius 1 is 1.38 bits per heavy atom. The normalized spacial score (nSPS) is 12.2. The SMILES string of the molecule is COCc1nnc2n1Cc1c(C(=O)O)nc(Cl)n1-c1ccccc1-2. The number of para-hydroxylation sites is 1. The smallest absolute Gasteiger partial charge is 0.356 e. The maximum absolute atomic E-state index is 11.6. The summed E-state index contributed by atoms with van der Waals surface area (Å²) in [5.41, 5.74) is 1.89. The van der Waals surface area contributed by atoms with Gasteiger partial charge in [0, 0.05) is 12.7 Å². The lowest BCUT2D eigenvalue weighted by Crippen LogP contribution is -2.12. The minimum Gasteiger partial charge on any atom is -0.476 e. The van der Waals surface area contributed by atoms with E-state index in [2.05, 4.69) is 15.2 Å². The van der Waals surface area contributed by atoms with E-state index in [0.29, 0.717) is 23.0 Å². The van der Waals surface area contributed by atoms with Crippen molar-refractivity contribution in [3.8, 4) is 17.1 Å². The molecule has 1 N–H and O–H groups in total. The Hall–Kier alpha value is -2.71. The topological polar surface area (TPSA) is 95.1 Å². The highest BCUT2D eigenvalue weighted by Gasteiger charge is 2.29. The summed E-state index contributed by atoms with van der Waals surface area (Å²) in [6.45, 7) is 0.497. The molecule has 0 saturated heterocycles. The average molecular weight is 346 g/mol. The Bertz CT molecular complexity index is 962. The number of ether oxygens (including phenoxy) is 1. The molecule has 0 saturated carbocycles. The van der Waals surface area contributed by atoms with E-state index < -0.39 is 5.97 Å². The van der Waals surface area contributed by atoms with Crippen molar-refractivity contribution in [2.24, 2.45) is 0 Å². The summed E-state index contributed by atoms with van der Waals surface area (Å²) in [6, 6.07) is 7.46. The van der Waals surface area contributed by atoms with Gasteiger partial charge in [0.25, 0.3) is 0 Å². The Labute approximate surface area is 141 Å². The predicted molar refractivity (Wildman–Crippen MR) is 84.4 cm³/mol. The number of halogens is 1. The van der Waals surface area contributed by atoms with E-state index in [4.69, 9.17) is 16.3 Å². The summed E-state index contributed by atoms with van der Waals surface area (Å²) >= 11 is 6.24. The van der Waals surface area contributed by atoms with Crippen LogP contribution >= 0.6 is 11.6 Å². The number of aromatic nitrogens is 5. The fourth-order valence-electron chi connectivity index (χ4n) is 2.93. The minimum atomic E-state index is -1.13. The van der Waals surface area contributed by atoms with Crippen molar-refractivity contribution in [2.75, 3.05) is 7.11 Å². The molecule has 0 bridgehead atoms. The molecule has 0 unspecified atom stereocenters. The van der Waals surface area contributed by atoms with E-state index in [0.717, 1.165) is 5.56 Å². The lowest BCUT2D eigenvalue weighted by atomic mass is 10.1. The summed E-state index contributed by atoms with van der Waals surface area (Å²) in [4.78, 5) is 15.6. The van der Waals surface area contributed by atoms with E-state index in [-0.39, 0.29) is 24.1 Å². The summed E-state index contributed by atoms with van der Waals surface area (Å²) in [5, 5.41) is 18.0. The molecule has 0 fully saturated rings. The standard InChI is InChI=1S/C15H12ClN5O3/c1-24-7-11-18-19-13-8-4-2-3-5-9(8)21-10(6-20(11)13)12(14(22)23)17-15(21)16/h2-5H,6-7H2,1H3,(H,22,23). The molecule has 0 amide bonds. The monoisotopic (exact) mass is 345 g/mol. The molecule has 3 aromatic rings. The largest absolute Gasteiger partial charge is 0.476 e. The zero-order valence-corrected chi connectivity index (χ0v) is 13.4. The van der Waals surface area contributed by atoms with Crippen LogP contribution in [0.5, 0.6) is 0 Å². The number of carboxylic acids is 1. The van der Waals surface area contributed by atoms with Crippen LogP contribution < -0.4 is 0 Å². The molecule has 8 nitrogen and oxygen atoms in total. The molecule has 9 heteroatoms. The highest BCUT2D eigenvalue weighted by molar-refractivity contribution is 6.29. The second kappa shape index (κ2) is 5.43. The molecule has 0 radical (unpaired) electrons. The first-order valence-electron chi connectivity index (χ1n) is 7.13. The van der Waals surface area contributed by atoms with Crippen LogP contribution in [0.2, 0.25) is 5.28 Å². The number of carboxylic acid groups (broad SMARTS) is 1. The van der Waals surface area contributed by atoms with Crippen LogP contribution in [0.15, 0.2) is 24.3 Å². The molecule has 0 spiro atoms. The van der Waals surface area contributed by atoms with Crippen LogP contribution in [0, 0.1) is 0 Å². The zero-order valence-electron chi connectivity index (χ0n) is 12.6. The van der Waals surface area contributed by atoms with Gasteiger partial charge in [0.2, 0.25) is 5.28 Å². The number of rotatable bonds is 3. The first-order valence-corrected chi connectivity index (χ1v) is 7.50. The van der Waals surface area contributed by atoms with E-state index in [1.165, 1.54) is 0 Å². The van der Waals surface area contributed by atoms with Gasteiger partial charge in [-0.2, -0.15) is 0 Å². The van der Waals surface area contributed by atoms with Crippen molar-refractivity contribution >= 4 is 17.6 Å². The number of aromatic carboxylic acids is 1. The molecule has 2 aromatic heterocycles. The average Bonchev–Trinajstić information content (AvgIpc) is 3.06. The van der Waals surface area contributed by atoms with Gasteiger partial charge in [-0.05, 0) is 23.7 Å². The number of imidazole rings is 1. The Morgan fingerprint density at radius 3 is 2.92 bits per heavy atom. The lowest BCUT2D eigenvalue weighted by molar-refractivity contribution is 0.0689. The molecule has 0 atom stereocenters. The van der Waals surface area contributed by atoms with Crippen LogP contribution in [0.1, 0.15) is 22.0 Å². The molecule has 122 valence electrons. The first-order chi connectivity index (χ1) is 11.6. The van der Waals surface area contributed by atoms with E-state index in [1.807, 2.05) is 28.8 Å². The maximum Gasteiger partial charge on any atom is 0.356 e. The highest BCUT2D eigenvalue weighted by atomic mass is 35.5. The quantitative estimate of drug-likeness (QED) is 0.610. The third-order valence-corrected chi connectivity index (χ3v) is 4.18. The number of hydrogen-bond donors (Lipinski definition) is 1. The second-order valence-corrected chi connectivity index (χ2v) is 5.63. The van der Waals surface area contributed by atoms with Gasteiger partial charge >= 0.3 is 5.97 Å². The van der Waals surface area contributed by atoms with Crippen molar-refractivity contribution in [1.82, 2.24) is 24.3 Å². The Morgan fingerprint density at radius 2 is 2.17 bits per heavy atom. The van der Waals surface area contributed by atoms with E-state index >= 15 is 0 Å². The molecule has 3 heterocycles. The summed E-state index contributed by atoms with van der Waals surface area (Å²) in [6.07, 6.45) is 0. The number of hydrogen-bond acceptors (Lipinski definition) is 5. The zero-order chi connectivity index (χ0) is 16.8. The second-order valence-electron chi connectivity index (χ2n) is 5.29.